The van der Waals surface area contributed by atoms with E-state index in [1.165, 1.54) is 12.1 Å². The summed E-state index contributed by atoms with van der Waals surface area (Å²) in [5.41, 5.74) is 8.30. The molecule has 3 aromatic rings. The lowest BCUT2D eigenvalue weighted by Gasteiger charge is -2.12. The van der Waals surface area contributed by atoms with Crippen molar-refractivity contribution < 1.29 is 13.2 Å². The van der Waals surface area contributed by atoms with E-state index >= 15 is 0 Å². The van der Waals surface area contributed by atoms with Gasteiger partial charge in [0.2, 0.25) is 0 Å². The van der Waals surface area contributed by atoms with E-state index < -0.39 is 15.9 Å². The van der Waals surface area contributed by atoms with E-state index in [0.29, 0.717) is 33.8 Å². The minimum absolute atomic E-state index is 0.155. The molecule has 0 aliphatic carbocycles. The highest BCUT2D eigenvalue weighted by Gasteiger charge is 2.16. The Morgan fingerprint density at radius 2 is 1.56 bits per heavy atom. The number of benzene rings is 1. The van der Waals surface area contributed by atoms with Crippen LogP contribution in [-0.2, 0) is 10.0 Å². The molecule has 0 radical (unpaired) electrons. The second-order valence-electron chi connectivity index (χ2n) is 6.00. The average molecular weight is 382 g/mol. The van der Waals surface area contributed by atoms with E-state index in [9.17, 15) is 13.2 Å². The molecule has 0 unspecified atom stereocenters. The number of nitrogens with two attached hydrogens (primary N) is 1. The topological polar surface area (TPSA) is 115 Å². The Hall–Kier alpha value is -3.26. The molecular formula is C19H18N4O3S. The number of aromatic nitrogens is 2. The van der Waals surface area contributed by atoms with Crippen molar-refractivity contribution in [1.82, 2.24) is 9.97 Å². The number of nitrogens with zero attached hydrogens (tertiary/aromatic N) is 2. The lowest BCUT2D eigenvalue weighted by atomic mass is 10.0. The van der Waals surface area contributed by atoms with Crippen LogP contribution < -0.4 is 10.5 Å². The fraction of sp³-hybridized carbons (Fsp3) is 0.105. The maximum absolute atomic E-state index is 12.6. The molecule has 0 aliphatic heterocycles. The molecule has 1 aromatic carbocycles. The number of primary amides is 1. The van der Waals surface area contributed by atoms with E-state index in [0.717, 1.165) is 0 Å². The van der Waals surface area contributed by atoms with Crippen LogP contribution in [0.25, 0.3) is 11.1 Å². The van der Waals surface area contributed by atoms with Crippen LogP contribution in [0.3, 0.4) is 0 Å². The number of nitrogens with one attached hydrogen (secondary N) is 1. The minimum atomic E-state index is -3.74. The van der Waals surface area contributed by atoms with Gasteiger partial charge >= 0.3 is 0 Å². The van der Waals surface area contributed by atoms with Crippen molar-refractivity contribution >= 4 is 21.6 Å². The lowest BCUT2D eigenvalue weighted by molar-refractivity contribution is 0.0999. The Morgan fingerprint density at radius 1 is 0.963 bits per heavy atom. The van der Waals surface area contributed by atoms with Crippen molar-refractivity contribution in [1.29, 1.82) is 0 Å². The molecule has 138 valence electrons. The molecule has 2 aromatic heterocycles. The first kappa shape index (κ1) is 18.5. The molecule has 2 heterocycles. The van der Waals surface area contributed by atoms with Crippen LogP contribution in [0.15, 0.2) is 59.8 Å². The van der Waals surface area contributed by atoms with Gasteiger partial charge in [-0.15, -0.1) is 0 Å². The Morgan fingerprint density at radius 3 is 2.19 bits per heavy atom. The molecule has 3 N–H and O–H groups in total. The number of aryl methyl sites for hydroxylation is 2. The van der Waals surface area contributed by atoms with Gasteiger partial charge in [0.25, 0.3) is 15.9 Å². The number of carbonyl (C=O) groups excluding carboxylic acids is 1. The van der Waals surface area contributed by atoms with Crippen LogP contribution in [-0.4, -0.2) is 24.3 Å². The van der Waals surface area contributed by atoms with Gasteiger partial charge in [-0.05, 0) is 38.1 Å². The van der Waals surface area contributed by atoms with Gasteiger partial charge in [0.1, 0.15) is 0 Å². The smallest absolute Gasteiger partial charge is 0.261 e. The fourth-order valence-electron chi connectivity index (χ4n) is 2.54. The summed E-state index contributed by atoms with van der Waals surface area (Å²) in [6, 6.07) is 11.3. The normalized spacial score (nSPS) is 11.2. The third-order valence-corrected chi connectivity index (χ3v) is 5.45. The lowest BCUT2D eigenvalue weighted by Crippen LogP contribution is -2.14. The van der Waals surface area contributed by atoms with Crippen LogP contribution in [0.2, 0.25) is 0 Å². The molecule has 7 nitrogen and oxygen atoms in total. The molecule has 0 saturated heterocycles. The van der Waals surface area contributed by atoms with E-state index in [2.05, 4.69) is 14.7 Å². The van der Waals surface area contributed by atoms with Crippen molar-refractivity contribution in [2.75, 3.05) is 4.72 Å². The number of carbonyl (C=O) groups is 1. The van der Waals surface area contributed by atoms with Gasteiger partial charge in [0, 0.05) is 23.5 Å². The van der Waals surface area contributed by atoms with Gasteiger partial charge in [-0.3, -0.25) is 19.5 Å². The van der Waals surface area contributed by atoms with Crippen LogP contribution in [0.4, 0.5) is 5.69 Å². The highest BCUT2D eigenvalue weighted by Crippen LogP contribution is 2.26. The zero-order chi connectivity index (χ0) is 19.6. The molecule has 0 spiro atoms. The first-order valence-electron chi connectivity index (χ1n) is 8.09. The predicted octanol–water partition coefficient (Wildman–Crippen LogP) is 2.66. The minimum Gasteiger partial charge on any atom is -0.366 e. The summed E-state index contributed by atoms with van der Waals surface area (Å²) in [6.45, 7) is 3.39. The van der Waals surface area contributed by atoms with E-state index in [1.807, 2.05) is 0 Å². The summed E-state index contributed by atoms with van der Waals surface area (Å²) in [5, 5.41) is 0. The molecule has 0 bridgehead atoms. The summed E-state index contributed by atoms with van der Waals surface area (Å²) in [5.74, 6) is -0.577. The second kappa shape index (κ2) is 7.16. The fourth-order valence-corrected chi connectivity index (χ4v) is 3.67. The number of hydrogen-bond donors (Lipinski definition) is 2. The molecule has 0 aliphatic rings. The molecule has 8 heteroatoms. The van der Waals surface area contributed by atoms with Crippen molar-refractivity contribution in [3.63, 3.8) is 0 Å². The number of sulfonamides is 1. The van der Waals surface area contributed by atoms with Crippen molar-refractivity contribution in [2.24, 2.45) is 5.73 Å². The van der Waals surface area contributed by atoms with Crippen LogP contribution in [0.5, 0.6) is 0 Å². The Kier molecular flexibility index (Phi) is 4.91. The SMILES string of the molecule is Cc1ncc(-c2cnc(C)c(C(N)=O)c2)cc1NS(=O)(=O)c1ccccc1. The van der Waals surface area contributed by atoms with E-state index in [-0.39, 0.29) is 4.90 Å². The van der Waals surface area contributed by atoms with E-state index in [1.54, 1.807) is 56.6 Å². The quantitative estimate of drug-likeness (QED) is 0.704. The number of hydrogen-bond acceptors (Lipinski definition) is 5. The maximum atomic E-state index is 12.6. The summed E-state index contributed by atoms with van der Waals surface area (Å²) in [7, 11) is -3.74. The molecule has 1 amide bonds. The molecule has 0 atom stereocenters. The van der Waals surface area contributed by atoms with Gasteiger partial charge in [-0.1, -0.05) is 18.2 Å². The Balaban J connectivity index is 2.01. The monoisotopic (exact) mass is 382 g/mol. The standard InChI is InChI=1S/C19H18N4O3S/c1-12-17(19(20)24)8-14(10-21-12)15-9-18(13(2)22-11-15)23-27(25,26)16-6-4-3-5-7-16/h3-11,23H,1-2H3,(H2,20,24). The molecule has 3 rings (SSSR count). The van der Waals surface area contributed by atoms with Crippen LogP contribution in [0, 0.1) is 13.8 Å². The third kappa shape index (κ3) is 3.95. The molecule has 0 saturated carbocycles. The average Bonchev–Trinajstić information content (AvgIpc) is 2.64. The Labute approximate surface area is 157 Å². The molecule has 27 heavy (non-hydrogen) atoms. The zero-order valence-corrected chi connectivity index (χ0v) is 15.6. The first-order valence-corrected chi connectivity index (χ1v) is 9.57. The predicted molar refractivity (Wildman–Crippen MR) is 103 cm³/mol. The van der Waals surface area contributed by atoms with Gasteiger partial charge in [-0.25, -0.2) is 8.42 Å². The van der Waals surface area contributed by atoms with Gasteiger partial charge < -0.3 is 5.73 Å². The van der Waals surface area contributed by atoms with Gasteiger partial charge in [-0.2, -0.15) is 0 Å². The van der Waals surface area contributed by atoms with Crippen LogP contribution in [0.1, 0.15) is 21.7 Å². The maximum Gasteiger partial charge on any atom is 0.261 e. The number of anilines is 1. The number of pyridine rings is 2. The second-order valence-corrected chi connectivity index (χ2v) is 7.68. The van der Waals surface area contributed by atoms with Crippen molar-refractivity contribution in [3.05, 3.63) is 71.8 Å². The highest BCUT2D eigenvalue weighted by molar-refractivity contribution is 7.92. The third-order valence-electron chi connectivity index (χ3n) is 4.07. The largest absolute Gasteiger partial charge is 0.366 e. The van der Waals surface area contributed by atoms with Gasteiger partial charge in [0.05, 0.1) is 27.5 Å². The summed E-state index contributed by atoms with van der Waals surface area (Å²) in [6.07, 6.45) is 3.18. The summed E-state index contributed by atoms with van der Waals surface area (Å²) in [4.78, 5) is 20.1. The van der Waals surface area contributed by atoms with Crippen molar-refractivity contribution in [2.45, 2.75) is 18.7 Å². The van der Waals surface area contributed by atoms with E-state index in [4.69, 9.17) is 5.73 Å². The van der Waals surface area contributed by atoms with Gasteiger partial charge in [0.15, 0.2) is 0 Å². The number of amides is 1. The Bertz CT molecular complexity index is 1110. The molecule has 0 fully saturated rings. The summed E-state index contributed by atoms with van der Waals surface area (Å²) < 4.78 is 27.7. The molecular weight excluding hydrogens is 364 g/mol. The summed E-state index contributed by atoms with van der Waals surface area (Å²) >= 11 is 0. The van der Waals surface area contributed by atoms with Crippen LogP contribution >= 0.6 is 0 Å². The highest BCUT2D eigenvalue weighted by atomic mass is 32.2. The number of rotatable bonds is 5. The zero-order valence-electron chi connectivity index (χ0n) is 14.8. The first-order chi connectivity index (χ1) is 12.8. The van der Waals surface area contributed by atoms with Crippen molar-refractivity contribution in [3.8, 4) is 11.1 Å².